The zero-order valence-corrected chi connectivity index (χ0v) is 11.9. The van der Waals surface area contributed by atoms with Gasteiger partial charge in [-0.3, -0.25) is 0 Å². The number of hydrogen-bond donors (Lipinski definition) is 2. The maximum Gasteiger partial charge on any atom is 0.159 e. The van der Waals surface area contributed by atoms with Gasteiger partial charge >= 0.3 is 0 Å². The van der Waals surface area contributed by atoms with Crippen LogP contribution in [0.5, 0.6) is 0 Å². The van der Waals surface area contributed by atoms with Crippen LogP contribution in [-0.2, 0) is 9.47 Å². The molecule has 2 rings (SSSR count). The Morgan fingerprint density at radius 1 is 1.42 bits per heavy atom. The normalized spacial score (nSPS) is 19.2. The van der Waals surface area contributed by atoms with E-state index in [0.29, 0.717) is 37.2 Å². The maximum absolute atomic E-state index is 5.76. The van der Waals surface area contributed by atoms with E-state index >= 15 is 0 Å². The van der Waals surface area contributed by atoms with Crippen LogP contribution in [0, 0.1) is 13.8 Å². The second kappa shape index (κ2) is 6.23. The molecule has 6 nitrogen and oxygen atoms in total. The molecule has 1 unspecified atom stereocenters. The van der Waals surface area contributed by atoms with Gasteiger partial charge in [0.15, 0.2) is 5.82 Å². The van der Waals surface area contributed by atoms with Crippen molar-refractivity contribution in [3.63, 3.8) is 0 Å². The molecule has 7 heteroatoms. The van der Waals surface area contributed by atoms with Gasteiger partial charge in [0.2, 0.25) is 0 Å². The Hall–Kier alpha value is -1.31. The van der Waals surface area contributed by atoms with Gasteiger partial charge in [-0.2, -0.15) is 5.10 Å². The quantitative estimate of drug-likeness (QED) is 0.781. The molecule has 0 aromatic carbocycles. The van der Waals surface area contributed by atoms with Crippen molar-refractivity contribution >= 4 is 23.0 Å². The number of aromatic nitrogens is 2. The summed E-state index contributed by atoms with van der Waals surface area (Å²) in [6.07, 6.45) is 0.0105. The average molecular weight is 282 g/mol. The highest BCUT2D eigenvalue weighted by molar-refractivity contribution is 7.80. The third kappa shape index (κ3) is 3.37. The second-order valence-corrected chi connectivity index (χ2v) is 4.89. The van der Waals surface area contributed by atoms with Gasteiger partial charge in [-0.15, -0.1) is 5.10 Å². The molecule has 19 heavy (non-hydrogen) atoms. The summed E-state index contributed by atoms with van der Waals surface area (Å²) >= 11 is 5.08. The van der Waals surface area contributed by atoms with Crippen LogP contribution < -0.4 is 11.1 Å². The minimum absolute atomic E-state index is 0.0105. The maximum atomic E-state index is 5.76. The van der Waals surface area contributed by atoms with Crippen LogP contribution in [0.3, 0.4) is 0 Å². The van der Waals surface area contributed by atoms with Crippen LogP contribution in [0.4, 0.5) is 5.82 Å². The minimum Gasteiger partial charge on any atom is -0.389 e. The summed E-state index contributed by atoms with van der Waals surface area (Å²) in [7, 11) is 0. The molecule has 0 radical (unpaired) electrons. The van der Waals surface area contributed by atoms with Crippen LogP contribution >= 0.6 is 12.2 Å². The van der Waals surface area contributed by atoms with Crippen LogP contribution in [0.1, 0.15) is 16.8 Å². The lowest BCUT2D eigenvalue weighted by molar-refractivity contribution is -0.0819. The van der Waals surface area contributed by atoms with Crippen molar-refractivity contribution in [1.29, 1.82) is 0 Å². The van der Waals surface area contributed by atoms with Crippen LogP contribution in [-0.4, -0.2) is 47.7 Å². The summed E-state index contributed by atoms with van der Waals surface area (Å²) in [5.41, 5.74) is 8.28. The monoisotopic (exact) mass is 282 g/mol. The third-order valence-electron chi connectivity index (χ3n) is 3.08. The van der Waals surface area contributed by atoms with E-state index in [1.807, 2.05) is 13.8 Å². The molecule has 1 fully saturated rings. The van der Waals surface area contributed by atoms with Crippen molar-refractivity contribution in [3.05, 3.63) is 16.8 Å². The summed E-state index contributed by atoms with van der Waals surface area (Å²) in [5, 5.41) is 11.4. The van der Waals surface area contributed by atoms with Gasteiger partial charge in [0, 0.05) is 6.54 Å². The summed E-state index contributed by atoms with van der Waals surface area (Å²) < 4.78 is 10.9. The molecule has 0 saturated carbocycles. The van der Waals surface area contributed by atoms with Crippen LogP contribution in [0.2, 0.25) is 0 Å². The first kappa shape index (κ1) is 14.1. The molecule has 0 bridgehead atoms. The van der Waals surface area contributed by atoms with Crippen molar-refractivity contribution in [1.82, 2.24) is 10.2 Å². The largest absolute Gasteiger partial charge is 0.389 e. The van der Waals surface area contributed by atoms with E-state index < -0.39 is 0 Å². The summed E-state index contributed by atoms with van der Waals surface area (Å²) in [6.45, 7) is 6.25. The first-order valence-corrected chi connectivity index (χ1v) is 6.57. The van der Waals surface area contributed by atoms with Gasteiger partial charge in [-0.05, 0) is 19.4 Å². The molecule has 0 amide bonds. The van der Waals surface area contributed by atoms with Gasteiger partial charge < -0.3 is 20.5 Å². The van der Waals surface area contributed by atoms with Gasteiger partial charge in [-0.25, -0.2) is 0 Å². The zero-order chi connectivity index (χ0) is 13.8. The average Bonchev–Trinajstić information content (AvgIpc) is 2.41. The van der Waals surface area contributed by atoms with E-state index in [9.17, 15) is 0 Å². The Morgan fingerprint density at radius 3 is 2.84 bits per heavy atom. The van der Waals surface area contributed by atoms with Gasteiger partial charge in [0.1, 0.15) is 4.99 Å². The Kier molecular flexibility index (Phi) is 4.62. The van der Waals surface area contributed by atoms with Crippen molar-refractivity contribution in [2.75, 3.05) is 31.7 Å². The fraction of sp³-hybridized carbons (Fsp3) is 0.583. The molecule has 1 atom stereocenters. The Morgan fingerprint density at radius 2 is 2.21 bits per heavy atom. The number of thiocarbonyl (C=S) groups is 1. The fourth-order valence-corrected chi connectivity index (χ4v) is 2.15. The van der Waals surface area contributed by atoms with Crippen LogP contribution in [0.15, 0.2) is 0 Å². The molecular formula is C12H18N4O2S. The van der Waals surface area contributed by atoms with E-state index in [4.69, 9.17) is 27.4 Å². The van der Waals surface area contributed by atoms with Crippen molar-refractivity contribution in [3.8, 4) is 0 Å². The molecule has 1 aliphatic rings. The molecule has 104 valence electrons. The van der Waals surface area contributed by atoms with E-state index in [0.717, 1.165) is 16.8 Å². The number of nitrogens with zero attached hydrogens (tertiary/aromatic N) is 2. The van der Waals surface area contributed by atoms with Crippen molar-refractivity contribution < 1.29 is 9.47 Å². The molecular weight excluding hydrogens is 264 g/mol. The second-order valence-electron chi connectivity index (χ2n) is 4.45. The first-order valence-electron chi connectivity index (χ1n) is 6.16. The number of nitrogens with two attached hydrogens (primary N) is 1. The SMILES string of the molecule is Cc1nnc(NCC2COCCO2)c(C(N)=S)c1C. The molecule has 1 saturated heterocycles. The lowest BCUT2D eigenvalue weighted by atomic mass is 10.1. The predicted octanol–water partition coefficient (Wildman–Crippen LogP) is 0.555. The number of hydrogen-bond acceptors (Lipinski definition) is 6. The fourth-order valence-electron chi connectivity index (χ4n) is 1.90. The molecule has 0 aliphatic carbocycles. The first-order chi connectivity index (χ1) is 9.09. The Labute approximate surface area is 117 Å². The summed E-state index contributed by atoms with van der Waals surface area (Å²) in [4.78, 5) is 0.318. The standard InChI is InChI=1S/C12H18N4O2S/c1-7-8(2)15-16-12(10(7)11(13)19)14-5-9-6-17-3-4-18-9/h9H,3-6H2,1-2H3,(H2,13,19)(H,14,16). The third-order valence-corrected chi connectivity index (χ3v) is 3.29. The lowest BCUT2D eigenvalue weighted by Gasteiger charge is -2.23. The molecule has 1 aliphatic heterocycles. The lowest BCUT2D eigenvalue weighted by Crippen LogP contribution is -2.35. The highest BCUT2D eigenvalue weighted by atomic mass is 32.1. The summed E-state index contributed by atoms with van der Waals surface area (Å²) in [5.74, 6) is 0.602. The van der Waals surface area contributed by atoms with Crippen molar-refractivity contribution in [2.24, 2.45) is 5.73 Å². The Balaban J connectivity index is 2.11. The summed E-state index contributed by atoms with van der Waals surface area (Å²) in [6, 6.07) is 0. The van der Waals surface area contributed by atoms with E-state index in [-0.39, 0.29) is 6.10 Å². The van der Waals surface area contributed by atoms with Crippen molar-refractivity contribution in [2.45, 2.75) is 20.0 Å². The topological polar surface area (TPSA) is 82.3 Å². The predicted molar refractivity (Wildman–Crippen MR) is 76.4 cm³/mol. The number of ether oxygens (including phenoxy) is 2. The van der Waals surface area contributed by atoms with Gasteiger partial charge in [0.25, 0.3) is 0 Å². The number of anilines is 1. The minimum atomic E-state index is 0.0105. The smallest absolute Gasteiger partial charge is 0.159 e. The highest BCUT2D eigenvalue weighted by Gasteiger charge is 2.17. The van der Waals surface area contributed by atoms with E-state index in [1.165, 1.54) is 0 Å². The molecule has 1 aromatic heterocycles. The molecule has 1 aromatic rings. The van der Waals surface area contributed by atoms with Gasteiger partial charge in [0.05, 0.1) is 37.2 Å². The number of aryl methyl sites for hydroxylation is 1. The molecule has 2 heterocycles. The van der Waals surface area contributed by atoms with E-state index in [2.05, 4.69) is 15.5 Å². The highest BCUT2D eigenvalue weighted by Crippen LogP contribution is 2.18. The van der Waals surface area contributed by atoms with Crippen LogP contribution in [0.25, 0.3) is 0 Å². The molecule has 3 N–H and O–H groups in total. The van der Waals surface area contributed by atoms with Gasteiger partial charge in [-0.1, -0.05) is 12.2 Å². The number of rotatable bonds is 4. The zero-order valence-electron chi connectivity index (χ0n) is 11.1. The number of nitrogens with one attached hydrogen (secondary N) is 1. The van der Waals surface area contributed by atoms with E-state index in [1.54, 1.807) is 0 Å². The Bertz CT molecular complexity index is 475. The molecule has 0 spiro atoms.